The van der Waals surface area contributed by atoms with E-state index in [1.807, 2.05) is 35.9 Å². The SMILES string of the molecule is Cc1ccn2cc(CNc3nc(C(F)(F)F)nc4ccccc34)nc2c1. The van der Waals surface area contributed by atoms with E-state index in [1.54, 1.807) is 18.2 Å². The van der Waals surface area contributed by atoms with E-state index >= 15 is 0 Å². The quantitative estimate of drug-likeness (QED) is 0.597. The largest absolute Gasteiger partial charge is 0.451 e. The molecule has 0 aliphatic rings. The predicted octanol–water partition coefficient (Wildman–Crippen LogP) is 4.22. The van der Waals surface area contributed by atoms with Crippen molar-refractivity contribution >= 4 is 22.4 Å². The minimum absolute atomic E-state index is 0.135. The van der Waals surface area contributed by atoms with E-state index in [0.29, 0.717) is 11.1 Å². The normalized spacial score (nSPS) is 12.0. The van der Waals surface area contributed by atoms with Gasteiger partial charge in [-0.25, -0.2) is 15.0 Å². The number of para-hydroxylation sites is 1. The third kappa shape index (κ3) is 3.05. The molecule has 4 aromatic rings. The molecule has 0 saturated carbocycles. The van der Waals surface area contributed by atoms with Crippen LogP contribution < -0.4 is 5.32 Å². The predicted molar refractivity (Wildman–Crippen MR) is 91.8 cm³/mol. The van der Waals surface area contributed by atoms with E-state index in [2.05, 4.69) is 20.3 Å². The van der Waals surface area contributed by atoms with Gasteiger partial charge in [0, 0.05) is 17.8 Å². The fourth-order valence-corrected chi connectivity index (χ4v) is 2.73. The van der Waals surface area contributed by atoms with E-state index < -0.39 is 12.0 Å². The number of hydrogen-bond acceptors (Lipinski definition) is 4. The minimum Gasteiger partial charge on any atom is -0.364 e. The molecule has 0 bridgehead atoms. The molecule has 0 unspecified atom stereocenters. The highest BCUT2D eigenvalue weighted by Gasteiger charge is 2.35. The minimum atomic E-state index is -4.61. The van der Waals surface area contributed by atoms with Gasteiger partial charge in [-0.15, -0.1) is 0 Å². The average Bonchev–Trinajstić information content (AvgIpc) is 3.00. The Morgan fingerprint density at radius 2 is 1.88 bits per heavy atom. The molecule has 3 aromatic heterocycles. The summed E-state index contributed by atoms with van der Waals surface area (Å²) in [4.78, 5) is 11.8. The van der Waals surface area contributed by atoms with Crippen molar-refractivity contribution in [2.75, 3.05) is 5.32 Å². The van der Waals surface area contributed by atoms with Gasteiger partial charge in [-0.3, -0.25) is 0 Å². The van der Waals surface area contributed by atoms with Crippen LogP contribution in [0.25, 0.3) is 16.6 Å². The van der Waals surface area contributed by atoms with Gasteiger partial charge in [-0.05, 0) is 36.8 Å². The van der Waals surface area contributed by atoms with Crippen molar-refractivity contribution in [2.24, 2.45) is 0 Å². The Morgan fingerprint density at radius 1 is 1.08 bits per heavy atom. The lowest BCUT2D eigenvalue weighted by Gasteiger charge is -2.11. The Kier molecular flexibility index (Phi) is 3.75. The Bertz CT molecular complexity index is 1100. The molecule has 4 rings (SSSR count). The zero-order valence-electron chi connectivity index (χ0n) is 13.7. The van der Waals surface area contributed by atoms with Gasteiger partial charge in [0.25, 0.3) is 0 Å². The van der Waals surface area contributed by atoms with Crippen LogP contribution in [0.15, 0.2) is 48.8 Å². The first-order valence-corrected chi connectivity index (χ1v) is 7.92. The zero-order valence-corrected chi connectivity index (χ0v) is 13.7. The van der Waals surface area contributed by atoms with E-state index in [1.165, 1.54) is 6.07 Å². The maximum absolute atomic E-state index is 13.1. The highest BCUT2D eigenvalue weighted by molar-refractivity contribution is 5.89. The summed E-state index contributed by atoms with van der Waals surface area (Å²) >= 11 is 0. The molecule has 0 saturated heterocycles. The molecule has 132 valence electrons. The number of hydrogen-bond donors (Lipinski definition) is 1. The topological polar surface area (TPSA) is 55.1 Å². The number of anilines is 1. The summed E-state index contributed by atoms with van der Waals surface area (Å²) in [5, 5.41) is 3.49. The van der Waals surface area contributed by atoms with Crippen molar-refractivity contribution < 1.29 is 13.2 Å². The monoisotopic (exact) mass is 357 g/mol. The average molecular weight is 357 g/mol. The molecule has 26 heavy (non-hydrogen) atoms. The van der Waals surface area contributed by atoms with Crippen molar-refractivity contribution in [3.63, 3.8) is 0 Å². The number of nitrogens with zero attached hydrogens (tertiary/aromatic N) is 4. The van der Waals surface area contributed by atoms with Gasteiger partial charge in [0.05, 0.1) is 17.8 Å². The molecule has 1 aromatic carbocycles. The first-order chi connectivity index (χ1) is 12.4. The van der Waals surface area contributed by atoms with E-state index in [9.17, 15) is 13.2 Å². The van der Waals surface area contributed by atoms with Crippen molar-refractivity contribution in [1.82, 2.24) is 19.4 Å². The number of aromatic nitrogens is 4. The van der Waals surface area contributed by atoms with Gasteiger partial charge >= 0.3 is 6.18 Å². The van der Waals surface area contributed by atoms with Crippen molar-refractivity contribution in [1.29, 1.82) is 0 Å². The molecule has 1 N–H and O–H groups in total. The Balaban J connectivity index is 1.69. The van der Waals surface area contributed by atoms with Crippen LogP contribution in [0.1, 0.15) is 17.1 Å². The van der Waals surface area contributed by atoms with Crippen molar-refractivity contribution in [3.05, 3.63) is 65.9 Å². The molecule has 0 atom stereocenters. The van der Waals surface area contributed by atoms with Crippen LogP contribution in [0.3, 0.4) is 0 Å². The smallest absolute Gasteiger partial charge is 0.364 e. The molecule has 0 spiro atoms. The standard InChI is InChI=1S/C18H14F3N5/c1-11-6-7-26-10-12(23-15(26)8-11)9-22-16-13-4-2-3-5-14(13)24-17(25-16)18(19,20)21/h2-8,10H,9H2,1H3,(H,22,24,25). The molecule has 5 nitrogen and oxygen atoms in total. The van der Waals surface area contributed by atoms with E-state index in [0.717, 1.165) is 11.2 Å². The van der Waals surface area contributed by atoms with Crippen LogP contribution in [0, 0.1) is 6.92 Å². The van der Waals surface area contributed by atoms with Crippen molar-refractivity contribution in [3.8, 4) is 0 Å². The lowest BCUT2D eigenvalue weighted by molar-refractivity contribution is -0.144. The van der Waals surface area contributed by atoms with Gasteiger partial charge in [-0.1, -0.05) is 12.1 Å². The van der Waals surface area contributed by atoms with Crippen LogP contribution in [0.5, 0.6) is 0 Å². The van der Waals surface area contributed by atoms with Gasteiger partial charge in [0.1, 0.15) is 11.5 Å². The molecule has 8 heteroatoms. The van der Waals surface area contributed by atoms with Crippen LogP contribution in [0.2, 0.25) is 0 Å². The molecule has 3 heterocycles. The second-order valence-corrected chi connectivity index (χ2v) is 5.97. The second kappa shape index (κ2) is 5.98. The third-order valence-corrected chi connectivity index (χ3v) is 3.96. The van der Waals surface area contributed by atoms with Crippen LogP contribution in [-0.2, 0) is 12.7 Å². The highest BCUT2D eigenvalue weighted by atomic mass is 19.4. The van der Waals surface area contributed by atoms with Crippen LogP contribution in [0.4, 0.5) is 19.0 Å². The maximum atomic E-state index is 13.1. The Hall–Kier alpha value is -3.16. The number of nitrogens with one attached hydrogen (secondary N) is 1. The van der Waals surface area contributed by atoms with Gasteiger partial charge in [0.15, 0.2) is 0 Å². The summed E-state index contributed by atoms with van der Waals surface area (Å²) in [5.74, 6) is -1.03. The Morgan fingerprint density at radius 3 is 2.69 bits per heavy atom. The lowest BCUT2D eigenvalue weighted by atomic mass is 10.2. The zero-order chi connectivity index (χ0) is 18.3. The number of fused-ring (bicyclic) bond motifs is 2. The summed E-state index contributed by atoms with van der Waals surface area (Å²) in [6.07, 6.45) is -0.889. The van der Waals surface area contributed by atoms with E-state index in [4.69, 9.17) is 0 Å². The Labute approximate surface area is 146 Å². The number of benzene rings is 1. The lowest BCUT2D eigenvalue weighted by Crippen LogP contribution is -2.13. The fraction of sp³-hybridized carbons (Fsp3) is 0.167. The van der Waals surface area contributed by atoms with Gasteiger partial charge in [0.2, 0.25) is 5.82 Å². The molecule has 0 radical (unpaired) electrons. The fourth-order valence-electron chi connectivity index (χ4n) is 2.73. The molecule has 0 fully saturated rings. The number of imidazole rings is 1. The number of pyridine rings is 1. The summed E-state index contributed by atoms with van der Waals surface area (Å²) in [6.45, 7) is 2.22. The molecule has 0 aliphatic carbocycles. The molecular formula is C18H14F3N5. The second-order valence-electron chi connectivity index (χ2n) is 5.97. The van der Waals surface area contributed by atoms with Crippen molar-refractivity contribution in [2.45, 2.75) is 19.6 Å². The number of aryl methyl sites for hydroxylation is 1. The highest BCUT2D eigenvalue weighted by Crippen LogP contribution is 2.30. The summed E-state index contributed by atoms with van der Waals surface area (Å²) in [5.41, 5.74) is 2.80. The molecule has 0 amide bonds. The number of rotatable bonds is 3. The first-order valence-electron chi connectivity index (χ1n) is 7.92. The van der Waals surface area contributed by atoms with Crippen LogP contribution in [-0.4, -0.2) is 19.4 Å². The van der Waals surface area contributed by atoms with Gasteiger partial charge in [-0.2, -0.15) is 13.2 Å². The van der Waals surface area contributed by atoms with Gasteiger partial charge < -0.3 is 9.72 Å². The first kappa shape index (κ1) is 16.3. The number of halogens is 3. The summed E-state index contributed by atoms with van der Waals surface area (Å²) in [7, 11) is 0. The molecule has 0 aliphatic heterocycles. The van der Waals surface area contributed by atoms with E-state index in [-0.39, 0.29) is 17.9 Å². The number of alkyl halides is 3. The third-order valence-electron chi connectivity index (χ3n) is 3.96. The van der Waals surface area contributed by atoms with Crippen LogP contribution >= 0.6 is 0 Å². The summed E-state index contributed by atoms with van der Waals surface area (Å²) in [6, 6.07) is 10.5. The molecular weight excluding hydrogens is 343 g/mol. The maximum Gasteiger partial charge on any atom is 0.451 e. The summed E-state index contributed by atoms with van der Waals surface area (Å²) < 4.78 is 41.1.